The molecule has 0 radical (unpaired) electrons. The van der Waals surface area contributed by atoms with Crippen molar-refractivity contribution in [1.29, 1.82) is 0 Å². The summed E-state index contributed by atoms with van der Waals surface area (Å²) in [5, 5.41) is 3.87. The van der Waals surface area contributed by atoms with Gasteiger partial charge in [-0.1, -0.05) is 12.1 Å². The summed E-state index contributed by atoms with van der Waals surface area (Å²) in [5.41, 5.74) is 0. The molecular weight excluding hydrogens is 206 g/mol. The summed E-state index contributed by atoms with van der Waals surface area (Å²) in [6.45, 7) is 6.16. The molecule has 0 amide bonds. The lowest BCUT2D eigenvalue weighted by atomic mass is 9.94. The minimum absolute atomic E-state index is 0.182. The first-order chi connectivity index (χ1) is 7.69. The predicted molar refractivity (Wildman–Crippen MR) is 57.7 cm³/mol. The predicted octanol–water partition coefficient (Wildman–Crippen LogP) is 1.18. The van der Waals surface area contributed by atoms with Crippen molar-refractivity contribution in [2.24, 2.45) is 5.92 Å². The molecule has 1 aromatic heterocycles. The van der Waals surface area contributed by atoms with Crippen LogP contribution in [0.25, 0.3) is 0 Å². The number of hydrogen-bond donors (Lipinski definition) is 0. The quantitative estimate of drug-likeness (QED) is 0.770. The normalized spacial score (nSPS) is 22.6. The Morgan fingerprint density at radius 3 is 3.00 bits per heavy atom. The smallest absolute Gasteiger partial charge is 0.223 e. The number of aromatic nitrogens is 2. The summed E-state index contributed by atoms with van der Waals surface area (Å²) in [5.74, 6) is 1.88. The molecule has 1 aliphatic heterocycles. The lowest BCUT2D eigenvalue weighted by molar-refractivity contribution is -0.126. The van der Waals surface area contributed by atoms with Crippen molar-refractivity contribution in [1.82, 2.24) is 15.0 Å². The zero-order valence-corrected chi connectivity index (χ0v) is 9.77. The third-order valence-corrected chi connectivity index (χ3v) is 3.04. The van der Waals surface area contributed by atoms with Gasteiger partial charge in [0.25, 0.3) is 0 Å². The molecule has 0 N–H and O–H groups in total. The van der Waals surface area contributed by atoms with E-state index in [-0.39, 0.29) is 5.92 Å². The molecule has 5 nitrogen and oxygen atoms in total. The van der Waals surface area contributed by atoms with Crippen LogP contribution in [0.4, 0.5) is 0 Å². The van der Waals surface area contributed by atoms with Crippen LogP contribution in [0, 0.1) is 12.8 Å². The second-order valence-corrected chi connectivity index (χ2v) is 4.29. The van der Waals surface area contributed by atoms with Gasteiger partial charge in [0.05, 0.1) is 6.54 Å². The number of piperidine rings is 1. The zero-order chi connectivity index (χ0) is 11.5. The summed E-state index contributed by atoms with van der Waals surface area (Å²) in [4.78, 5) is 17.9. The van der Waals surface area contributed by atoms with Crippen molar-refractivity contribution in [3.63, 3.8) is 0 Å². The molecule has 1 unspecified atom stereocenters. The van der Waals surface area contributed by atoms with Crippen molar-refractivity contribution >= 4 is 5.78 Å². The van der Waals surface area contributed by atoms with Crippen LogP contribution in [-0.2, 0) is 11.3 Å². The third kappa shape index (κ3) is 2.47. The Labute approximate surface area is 94.8 Å². The third-order valence-electron chi connectivity index (χ3n) is 3.04. The topological polar surface area (TPSA) is 59.2 Å². The van der Waals surface area contributed by atoms with Crippen molar-refractivity contribution in [3.05, 3.63) is 11.7 Å². The molecule has 1 aliphatic rings. The summed E-state index contributed by atoms with van der Waals surface area (Å²) >= 11 is 0. The Morgan fingerprint density at radius 2 is 2.38 bits per heavy atom. The van der Waals surface area contributed by atoms with E-state index in [0.717, 1.165) is 19.5 Å². The average Bonchev–Trinajstić information content (AvgIpc) is 2.67. The molecule has 0 aromatic carbocycles. The Kier molecular flexibility index (Phi) is 3.33. The number of ketones is 1. The van der Waals surface area contributed by atoms with E-state index in [1.165, 1.54) is 0 Å². The van der Waals surface area contributed by atoms with E-state index in [4.69, 9.17) is 4.52 Å². The van der Waals surface area contributed by atoms with Crippen molar-refractivity contribution in [2.75, 3.05) is 13.1 Å². The molecule has 1 fully saturated rings. The maximum Gasteiger partial charge on any atom is 0.223 e. The molecule has 1 saturated heterocycles. The fraction of sp³-hybridized carbons (Fsp3) is 0.727. The van der Waals surface area contributed by atoms with Crippen LogP contribution in [0.1, 0.15) is 31.5 Å². The molecule has 5 heteroatoms. The first kappa shape index (κ1) is 11.3. The fourth-order valence-corrected chi connectivity index (χ4v) is 2.08. The summed E-state index contributed by atoms with van der Waals surface area (Å²) in [7, 11) is 0. The highest BCUT2D eigenvalue weighted by atomic mass is 16.5. The van der Waals surface area contributed by atoms with Gasteiger partial charge in [-0.25, -0.2) is 0 Å². The van der Waals surface area contributed by atoms with Gasteiger partial charge in [0.1, 0.15) is 5.78 Å². The summed E-state index contributed by atoms with van der Waals surface area (Å²) < 4.78 is 4.93. The molecule has 1 aromatic rings. The van der Waals surface area contributed by atoms with Crippen LogP contribution >= 0.6 is 0 Å². The molecule has 0 aliphatic carbocycles. The molecule has 0 bridgehead atoms. The van der Waals surface area contributed by atoms with Gasteiger partial charge in [0, 0.05) is 32.4 Å². The molecule has 2 heterocycles. The van der Waals surface area contributed by atoms with Gasteiger partial charge in [-0.3, -0.25) is 9.69 Å². The molecule has 16 heavy (non-hydrogen) atoms. The standard InChI is InChI=1S/C11H17N3O2/c1-3-9-6-14(5-4-10(9)15)7-11-12-8(2)16-13-11/h9H,3-7H2,1-2H3. The molecule has 0 spiro atoms. The molecule has 88 valence electrons. The summed E-state index contributed by atoms with van der Waals surface area (Å²) in [6.07, 6.45) is 1.57. The maximum atomic E-state index is 11.6. The number of carbonyl (C=O) groups is 1. The van der Waals surface area contributed by atoms with Gasteiger partial charge in [0.2, 0.25) is 5.89 Å². The highest BCUT2D eigenvalue weighted by Crippen LogP contribution is 2.17. The largest absolute Gasteiger partial charge is 0.340 e. The highest BCUT2D eigenvalue weighted by molar-refractivity contribution is 5.82. The van der Waals surface area contributed by atoms with Gasteiger partial charge in [-0.2, -0.15) is 4.98 Å². The van der Waals surface area contributed by atoms with Gasteiger partial charge in [-0.05, 0) is 6.42 Å². The Bertz CT molecular complexity index is 375. The van der Waals surface area contributed by atoms with Crippen molar-refractivity contribution in [2.45, 2.75) is 33.2 Å². The number of aryl methyl sites for hydroxylation is 1. The number of likely N-dealkylation sites (tertiary alicyclic amines) is 1. The second kappa shape index (κ2) is 4.74. The van der Waals surface area contributed by atoms with Crippen LogP contribution in [-0.4, -0.2) is 33.9 Å². The number of carbonyl (C=O) groups excluding carboxylic acids is 1. The van der Waals surface area contributed by atoms with E-state index in [9.17, 15) is 4.79 Å². The monoisotopic (exact) mass is 223 g/mol. The number of nitrogens with zero attached hydrogens (tertiary/aromatic N) is 3. The maximum absolute atomic E-state index is 11.6. The average molecular weight is 223 g/mol. The SMILES string of the molecule is CCC1CN(Cc2noc(C)n2)CCC1=O. The number of Topliss-reactive ketones (excluding diaryl/α,β-unsaturated/α-hetero) is 1. The van der Waals surface area contributed by atoms with Crippen LogP contribution in [0.15, 0.2) is 4.52 Å². The first-order valence-electron chi connectivity index (χ1n) is 5.73. The van der Waals surface area contributed by atoms with Gasteiger partial charge in [0.15, 0.2) is 5.82 Å². The lowest BCUT2D eigenvalue weighted by Crippen LogP contribution is -2.40. The minimum Gasteiger partial charge on any atom is -0.340 e. The number of rotatable bonds is 3. The lowest BCUT2D eigenvalue weighted by Gasteiger charge is -2.30. The van der Waals surface area contributed by atoms with Crippen molar-refractivity contribution in [3.8, 4) is 0 Å². The molecule has 2 rings (SSSR count). The van der Waals surface area contributed by atoms with Crippen LogP contribution in [0.3, 0.4) is 0 Å². The highest BCUT2D eigenvalue weighted by Gasteiger charge is 2.26. The van der Waals surface area contributed by atoms with E-state index < -0.39 is 0 Å². The molecular formula is C11H17N3O2. The van der Waals surface area contributed by atoms with E-state index in [1.54, 1.807) is 6.92 Å². The summed E-state index contributed by atoms with van der Waals surface area (Å²) in [6, 6.07) is 0. The van der Waals surface area contributed by atoms with E-state index >= 15 is 0 Å². The fourth-order valence-electron chi connectivity index (χ4n) is 2.08. The minimum atomic E-state index is 0.182. The Morgan fingerprint density at radius 1 is 1.56 bits per heavy atom. The van der Waals surface area contributed by atoms with E-state index in [0.29, 0.717) is 30.5 Å². The van der Waals surface area contributed by atoms with Crippen LogP contribution < -0.4 is 0 Å². The number of hydrogen-bond acceptors (Lipinski definition) is 5. The van der Waals surface area contributed by atoms with E-state index in [1.807, 2.05) is 0 Å². The van der Waals surface area contributed by atoms with Gasteiger partial charge in [-0.15, -0.1) is 0 Å². The van der Waals surface area contributed by atoms with Crippen LogP contribution in [0.2, 0.25) is 0 Å². The Hall–Kier alpha value is -1.23. The van der Waals surface area contributed by atoms with E-state index in [2.05, 4.69) is 22.0 Å². The van der Waals surface area contributed by atoms with Gasteiger partial charge >= 0.3 is 0 Å². The second-order valence-electron chi connectivity index (χ2n) is 4.29. The van der Waals surface area contributed by atoms with Crippen molar-refractivity contribution < 1.29 is 9.32 Å². The van der Waals surface area contributed by atoms with Crippen LogP contribution in [0.5, 0.6) is 0 Å². The first-order valence-corrected chi connectivity index (χ1v) is 5.73. The van der Waals surface area contributed by atoms with Gasteiger partial charge < -0.3 is 4.52 Å². The molecule has 0 saturated carbocycles. The zero-order valence-electron chi connectivity index (χ0n) is 9.77. The molecule has 1 atom stereocenters. The Balaban J connectivity index is 1.93.